The van der Waals surface area contributed by atoms with Crippen LogP contribution in [0.1, 0.15) is 16.9 Å². The summed E-state index contributed by atoms with van der Waals surface area (Å²) in [5.74, 6) is 0.542. The number of anilines is 1. The Labute approximate surface area is 176 Å². The Morgan fingerprint density at radius 3 is 2.43 bits per heavy atom. The van der Waals surface area contributed by atoms with Gasteiger partial charge in [-0.3, -0.25) is 4.79 Å². The number of furan rings is 1. The number of ether oxygens (including phenoxy) is 1. The molecule has 2 aromatic carbocycles. The number of hydrogen-bond donors (Lipinski definition) is 2. The van der Waals surface area contributed by atoms with Crippen LogP contribution in [0.25, 0.3) is 0 Å². The zero-order valence-corrected chi connectivity index (χ0v) is 17.9. The molecule has 8 heteroatoms. The van der Waals surface area contributed by atoms with Crippen molar-refractivity contribution in [3.8, 4) is 5.75 Å². The Bertz CT molecular complexity index is 1120. The molecule has 0 unspecified atom stereocenters. The molecule has 7 nitrogen and oxygen atoms in total. The number of rotatable bonds is 8. The first-order valence-electron chi connectivity index (χ1n) is 9.34. The van der Waals surface area contributed by atoms with Crippen molar-refractivity contribution in [3.63, 3.8) is 0 Å². The first-order chi connectivity index (χ1) is 14.3. The number of aryl methyl sites for hydroxylation is 2. The molecule has 0 spiro atoms. The van der Waals surface area contributed by atoms with Gasteiger partial charge in [-0.2, -0.15) is 0 Å². The van der Waals surface area contributed by atoms with Crippen LogP contribution in [0.15, 0.2) is 69.0 Å². The minimum absolute atomic E-state index is 0.0485. The summed E-state index contributed by atoms with van der Waals surface area (Å²) in [5.41, 5.74) is 2.12. The fourth-order valence-electron chi connectivity index (χ4n) is 2.96. The highest BCUT2D eigenvalue weighted by Crippen LogP contribution is 2.36. The molecule has 1 heterocycles. The van der Waals surface area contributed by atoms with Gasteiger partial charge in [0.1, 0.15) is 10.7 Å². The van der Waals surface area contributed by atoms with Crippen LogP contribution in [0.3, 0.4) is 0 Å². The fraction of sp³-hybridized carbons (Fsp3) is 0.227. The van der Waals surface area contributed by atoms with Crippen molar-refractivity contribution in [2.75, 3.05) is 19.0 Å². The van der Waals surface area contributed by atoms with Crippen molar-refractivity contribution in [3.05, 3.63) is 71.7 Å². The summed E-state index contributed by atoms with van der Waals surface area (Å²) in [7, 11) is -2.40. The molecule has 0 aliphatic carbocycles. The molecule has 0 saturated carbocycles. The van der Waals surface area contributed by atoms with Crippen LogP contribution < -0.4 is 15.4 Å². The largest absolute Gasteiger partial charge is 0.493 e. The van der Waals surface area contributed by atoms with Gasteiger partial charge < -0.3 is 19.8 Å². The molecule has 0 saturated heterocycles. The highest BCUT2D eigenvalue weighted by Gasteiger charge is 2.25. The summed E-state index contributed by atoms with van der Waals surface area (Å²) < 4.78 is 37.0. The van der Waals surface area contributed by atoms with E-state index in [-0.39, 0.29) is 34.5 Å². The first kappa shape index (κ1) is 21.4. The van der Waals surface area contributed by atoms with Gasteiger partial charge in [0.05, 0.1) is 37.0 Å². The molecule has 0 aliphatic heterocycles. The SMILES string of the molecule is COc1c(NCC(=O)NCc2ccco2)cc(C)cc1S(=O)(=O)c1ccc(C)cc1. The molecule has 3 rings (SSSR count). The third-order valence-corrected chi connectivity index (χ3v) is 6.28. The third-order valence-electron chi connectivity index (χ3n) is 4.50. The molecule has 2 N–H and O–H groups in total. The van der Waals surface area contributed by atoms with Gasteiger partial charge in [-0.05, 0) is 55.8 Å². The zero-order valence-electron chi connectivity index (χ0n) is 17.1. The molecule has 1 amide bonds. The van der Waals surface area contributed by atoms with Crippen molar-refractivity contribution in [2.24, 2.45) is 0 Å². The summed E-state index contributed by atoms with van der Waals surface area (Å²) in [6, 6.07) is 13.5. The van der Waals surface area contributed by atoms with Gasteiger partial charge >= 0.3 is 0 Å². The molecular formula is C22H24N2O5S. The van der Waals surface area contributed by atoms with Crippen molar-refractivity contribution in [1.82, 2.24) is 5.32 Å². The van der Waals surface area contributed by atoms with E-state index in [1.54, 1.807) is 55.5 Å². The van der Waals surface area contributed by atoms with Gasteiger partial charge in [-0.1, -0.05) is 17.7 Å². The molecule has 0 aliphatic rings. The second-order valence-electron chi connectivity index (χ2n) is 6.87. The number of carbonyl (C=O) groups excluding carboxylic acids is 1. The quantitative estimate of drug-likeness (QED) is 0.570. The number of sulfone groups is 1. The molecule has 0 atom stereocenters. The Kier molecular flexibility index (Phi) is 6.47. The first-order valence-corrected chi connectivity index (χ1v) is 10.8. The minimum Gasteiger partial charge on any atom is -0.493 e. The summed E-state index contributed by atoms with van der Waals surface area (Å²) in [6.07, 6.45) is 1.54. The van der Waals surface area contributed by atoms with E-state index in [1.807, 2.05) is 6.92 Å². The molecule has 0 radical (unpaired) electrons. The van der Waals surface area contributed by atoms with Crippen LogP contribution in [-0.2, 0) is 21.2 Å². The second kappa shape index (κ2) is 9.04. The normalized spacial score (nSPS) is 11.2. The summed E-state index contributed by atoms with van der Waals surface area (Å²) in [5, 5.41) is 5.70. The van der Waals surface area contributed by atoms with Crippen LogP contribution in [0.2, 0.25) is 0 Å². The monoisotopic (exact) mass is 428 g/mol. The minimum atomic E-state index is -3.80. The van der Waals surface area contributed by atoms with E-state index in [2.05, 4.69) is 10.6 Å². The lowest BCUT2D eigenvalue weighted by Gasteiger charge is -2.17. The number of hydrogen-bond acceptors (Lipinski definition) is 6. The van der Waals surface area contributed by atoms with E-state index in [0.717, 1.165) is 11.1 Å². The van der Waals surface area contributed by atoms with Crippen LogP contribution in [0, 0.1) is 13.8 Å². The Morgan fingerprint density at radius 1 is 1.07 bits per heavy atom. The molecule has 3 aromatic rings. The molecule has 158 valence electrons. The Balaban J connectivity index is 1.83. The van der Waals surface area contributed by atoms with E-state index >= 15 is 0 Å². The van der Waals surface area contributed by atoms with E-state index < -0.39 is 9.84 Å². The molecule has 30 heavy (non-hydrogen) atoms. The third kappa shape index (κ3) is 4.83. The van der Waals surface area contributed by atoms with E-state index in [0.29, 0.717) is 11.4 Å². The number of methoxy groups -OCH3 is 1. The van der Waals surface area contributed by atoms with Gasteiger partial charge in [0.2, 0.25) is 15.7 Å². The van der Waals surface area contributed by atoms with Crippen LogP contribution in [0.4, 0.5) is 5.69 Å². The second-order valence-corrected chi connectivity index (χ2v) is 8.79. The van der Waals surface area contributed by atoms with Gasteiger partial charge in [0.25, 0.3) is 0 Å². The predicted octanol–water partition coefficient (Wildman–Crippen LogP) is 3.47. The number of nitrogens with one attached hydrogen (secondary N) is 2. The highest BCUT2D eigenvalue weighted by molar-refractivity contribution is 7.91. The Hall–Kier alpha value is -3.26. The van der Waals surface area contributed by atoms with Crippen molar-refractivity contribution in [1.29, 1.82) is 0 Å². The van der Waals surface area contributed by atoms with Crippen molar-refractivity contribution >= 4 is 21.4 Å². The Morgan fingerprint density at radius 2 is 1.80 bits per heavy atom. The van der Waals surface area contributed by atoms with Gasteiger partial charge in [0.15, 0.2) is 5.75 Å². The standard InChI is InChI=1S/C22H24N2O5S/c1-15-6-8-18(9-7-15)30(26,27)20-12-16(2)11-19(22(20)28-3)23-14-21(25)24-13-17-5-4-10-29-17/h4-12,23H,13-14H2,1-3H3,(H,24,25). The van der Waals surface area contributed by atoms with Crippen molar-refractivity contribution in [2.45, 2.75) is 30.2 Å². The maximum absolute atomic E-state index is 13.2. The average Bonchev–Trinajstić information content (AvgIpc) is 3.24. The van der Waals surface area contributed by atoms with Crippen LogP contribution >= 0.6 is 0 Å². The lowest BCUT2D eigenvalue weighted by atomic mass is 10.2. The number of carbonyl (C=O) groups is 1. The molecular weight excluding hydrogens is 404 g/mol. The topological polar surface area (TPSA) is 97.6 Å². The van der Waals surface area contributed by atoms with E-state index in [4.69, 9.17) is 9.15 Å². The summed E-state index contributed by atoms with van der Waals surface area (Å²) in [4.78, 5) is 12.4. The summed E-state index contributed by atoms with van der Waals surface area (Å²) >= 11 is 0. The number of benzene rings is 2. The fourth-order valence-corrected chi connectivity index (χ4v) is 4.49. The van der Waals surface area contributed by atoms with E-state index in [1.165, 1.54) is 13.4 Å². The van der Waals surface area contributed by atoms with Crippen LogP contribution in [0.5, 0.6) is 5.75 Å². The zero-order chi connectivity index (χ0) is 21.7. The van der Waals surface area contributed by atoms with E-state index in [9.17, 15) is 13.2 Å². The predicted molar refractivity (Wildman–Crippen MR) is 113 cm³/mol. The molecule has 0 bridgehead atoms. The maximum Gasteiger partial charge on any atom is 0.239 e. The summed E-state index contributed by atoms with van der Waals surface area (Å²) in [6.45, 7) is 3.90. The van der Waals surface area contributed by atoms with Gasteiger partial charge in [0, 0.05) is 0 Å². The van der Waals surface area contributed by atoms with Crippen molar-refractivity contribution < 1.29 is 22.4 Å². The maximum atomic E-state index is 13.2. The van der Waals surface area contributed by atoms with Crippen LogP contribution in [-0.4, -0.2) is 28.0 Å². The highest BCUT2D eigenvalue weighted by atomic mass is 32.2. The molecule has 0 fully saturated rings. The lowest BCUT2D eigenvalue weighted by Crippen LogP contribution is -2.29. The average molecular weight is 429 g/mol. The van der Waals surface area contributed by atoms with Gasteiger partial charge in [-0.15, -0.1) is 0 Å². The smallest absolute Gasteiger partial charge is 0.239 e. The lowest BCUT2D eigenvalue weighted by molar-refractivity contribution is -0.119. The molecule has 1 aromatic heterocycles. The number of amides is 1. The van der Waals surface area contributed by atoms with Gasteiger partial charge in [-0.25, -0.2) is 8.42 Å².